The van der Waals surface area contributed by atoms with Gasteiger partial charge in [0.1, 0.15) is 0 Å². The highest BCUT2D eigenvalue weighted by Gasteiger charge is 2.18. The lowest BCUT2D eigenvalue weighted by atomic mass is 9.84. The Hall–Kier alpha value is -5.72. The summed E-state index contributed by atoms with van der Waals surface area (Å²) in [5.41, 5.74) is 10.3. The van der Waals surface area contributed by atoms with Crippen LogP contribution in [0.2, 0.25) is 0 Å². The fraction of sp³-hybridized carbons (Fsp3) is 0.137. The number of aryl methyl sites for hydroxylation is 2. The van der Waals surface area contributed by atoms with E-state index in [1.807, 2.05) is 0 Å². The highest BCUT2D eigenvalue weighted by molar-refractivity contribution is 6.22. The minimum atomic E-state index is 0. The summed E-state index contributed by atoms with van der Waals surface area (Å²) < 4.78 is 0. The summed E-state index contributed by atoms with van der Waals surface area (Å²) in [7, 11) is 0. The van der Waals surface area contributed by atoms with E-state index in [0.29, 0.717) is 0 Å². The molecule has 9 rings (SSSR count). The fourth-order valence-corrected chi connectivity index (χ4v) is 7.76. The molecule has 9 aromatic carbocycles. The summed E-state index contributed by atoms with van der Waals surface area (Å²) >= 11 is 0. The average molecular weight is 659 g/mol. The summed E-state index contributed by atoms with van der Waals surface area (Å²) in [6, 6.07) is 58.3. The molecule has 0 heterocycles. The Kier molecular flexibility index (Phi) is 9.44. The van der Waals surface area contributed by atoms with Crippen molar-refractivity contribution in [1.29, 1.82) is 0 Å². The zero-order valence-corrected chi connectivity index (χ0v) is 29.4. The number of fused-ring (bicyclic) bond motifs is 6. The molecule has 0 saturated heterocycles. The summed E-state index contributed by atoms with van der Waals surface area (Å²) in [6.07, 6.45) is 2.64. The number of unbranched alkanes of at least 4 members (excludes halogenated alkanes) is 1. The highest BCUT2D eigenvalue weighted by atomic mass is 14.2. The maximum absolute atomic E-state index is 2.39. The van der Waals surface area contributed by atoms with Crippen LogP contribution in [0.1, 0.15) is 45.2 Å². The van der Waals surface area contributed by atoms with Crippen molar-refractivity contribution in [2.45, 2.75) is 48.0 Å². The molecule has 0 atom stereocenters. The van der Waals surface area contributed by atoms with Crippen LogP contribution in [-0.2, 0) is 0 Å². The molecule has 0 amide bonds. The van der Waals surface area contributed by atoms with Gasteiger partial charge in [-0.1, -0.05) is 186 Å². The predicted molar refractivity (Wildman–Crippen MR) is 227 cm³/mol. The van der Waals surface area contributed by atoms with E-state index in [4.69, 9.17) is 0 Å². The zero-order valence-electron chi connectivity index (χ0n) is 29.4. The van der Waals surface area contributed by atoms with Crippen LogP contribution in [0.15, 0.2) is 158 Å². The molecule has 51 heavy (non-hydrogen) atoms. The SMILES string of the molecule is C.CCCC.Cc1cc(-c2c3ccccc3c(-c3ccc4c(ccc5ccccc54)c3)c3ccccc23)ccc1-c1ccc2ccccc2c1C. The quantitative estimate of drug-likeness (QED) is 0.130. The van der Waals surface area contributed by atoms with Gasteiger partial charge in [-0.25, -0.2) is 0 Å². The van der Waals surface area contributed by atoms with E-state index in [1.165, 1.54) is 111 Å². The van der Waals surface area contributed by atoms with Gasteiger partial charge in [-0.05, 0) is 118 Å². The summed E-state index contributed by atoms with van der Waals surface area (Å²) in [6.45, 7) is 8.87. The number of hydrogen-bond acceptors (Lipinski definition) is 0. The number of hydrogen-bond donors (Lipinski definition) is 0. The second-order valence-electron chi connectivity index (χ2n) is 13.6. The second-order valence-corrected chi connectivity index (χ2v) is 13.6. The zero-order chi connectivity index (χ0) is 34.2. The Labute approximate surface area is 303 Å². The molecule has 0 heteroatoms. The molecule has 0 bridgehead atoms. The third-order valence-electron chi connectivity index (χ3n) is 10.5. The molecule has 0 unspecified atom stereocenters. The van der Waals surface area contributed by atoms with E-state index in [0.717, 1.165) is 0 Å². The van der Waals surface area contributed by atoms with Crippen LogP contribution in [0.25, 0.3) is 87.2 Å². The van der Waals surface area contributed by atoms with Gasteiger partial charge in [-0.2, -0.15) is 0 Å². The van der Waals surface area contributed by atoms with Crippen molar-refractivity contribution in [3.63, 3.8) is 0 Å². The first kappa shape index (κ1) is 33.8. The molecule has 0 spiro atoms. The van der Waals surface area contributed by atoms with E-state index in [9.17, 15) is 0 Å². The molecule has 0 saturated carbocycles. The molecule has 0 nitrogen and oxygen atoms in total. The molecular formula is C51H46. The van der Waals surface area contributed by atoms with Gasteiger partial charge in [0.05, 0.1) is 0 Å². The van der Waals surface area contributed by atoms with Crippen molar-refractivity contribution < 1.29 is 0 Å². The molecule has 9 aromatic rings. The number of benzene rings is 9. The Morgan fingerprint density at radius 3 is 1.33 bits per heavy atom. The van der Waals surface area contributed by atoms with Gasteiger partial charge in [0.2, 0.25) is 0 Å². The summed E-state index contributed by atoms with van der Waals surface area (Å²) in [5, 5.41) is 12.9. The maximum atomic E-state index is 2.39. The van der Waals surface area contributed by atoms with Gasteiger partial charge in [-0.15, -0.1) is 0 Å². The molecule has 0 N–H and O–H groups in total. The molecule has 0 fully saturated rings. The van der Waals surface area contributed by atoms with E-state index in [1.54, 1.807) is 0 Å². The minimum Gasteiger partial charge on any atom is -0.0776 e. The van der Waals surface area contributed by atoms with Gasteiger partial charge in [0.15, 0.2) is 0 Å². The van der Waals surface area contributed by atoms with Gasteiger partial charge in [0.25, 0.3) is 0 Å². The van der Waals surface area contributed by atoms with Gasteiger partial charge < -0.3 is 0 Å². The van der Waals surface area contributed by atoms with Crippen LogP contribution in [0.5, 0.6) is 0 Å². The van der Waals surface area contributed by atoms with E-state index < -0.39 is 0 Å². The first-order chi connectivity index (χ1) is 24.6. The molecular weight excluding hydrogens is 613 g/mol. The third-order valence-corrected chi connectivity index (χ3v) is 10.5. The van der Waals surface area contributed by atoms with Crippen molar-refractivity contribution in [3.05, 3.63) is 169 Å². The third kappa shape index (κ3) is 5.96. The first-order valence-corrected chi connectivity index (χ1v) is 18.0. The van der Waals surface area contributed by atoms with Gasteiger partial charge in [0, 0.05) is 0 Å². The van der Waals surface area contributed by atoms with Crippen molar-refractivity contribution in [2.24, 2.45) is 0 Å². The standard InChI is InChI=1S/C46H32.C4H10.CH4/c1-29-27-34(22-24-36(29)38-25-21-31-11-3-5-13-37(31)30(38)2)45-41-15-7-9-17-43(41)46(44-18-10-8-16-42(44)45)35-23-26-40-33(28-35)20-19-32-12-4-6-14-39(32)40;1-3-4-2;/h3-28H,1-2H3;3-4H2,1-2H3;1H4. The Morgan fingerprint density at radius 1 is 0.353 bits per heavy atom. The topological polar surface area (TPSA) is 0 Å². The predicted octanol–water partition coefficient (Wildman–Crippen LogP) is 15.5. The summed E-state index contributed by atoms with van der Waals surface area (Å²) in [5.74, 6) is 0. The molecule has 0 aromatic heterocycles. The molecule has 250 valence electrons. The van der Waals surface area contributed by atoms with Crippen LogP contribution in [0.3, 0.4) is 0 Å². The van der Waals surface area contributed by atoms with Crippen molar-refractivity contribution >= 4 is 53.9 Å². The monoisotopic (exact) mass is 658 g/mol. The lowest BCUT2D eigenvalue weighted by molar-refractivity contribution is 0.886. The lowest BCUT2D eigenvalue weighted by Gasteiger charge is -2.19. The number of rotatable bonds is 4. The second kappa shape index (κ2) is 14.3. The average Bonchev–Trinajstić information content (AvgIpc) is 3.17. The highest BCUT2D eigenvalue weighted by Crippen LogP contribution is 2.45. The van der Waals surface area contributed by atoms with Crippen LogP contribution in [-0.4, -0.2) is 0 Å². The molecule has 0 aliphatic rings. The first-order valence-electron chi connectivity index (χ1n) is 18.0. The van der Waals surface area contributed by atoms with Crippen molar-refractivity contribution in [1.82, 2.24) is 0 Å². The van der Waals surface area contributed by atoms with Gasteiger partial charge >= 0.3 is 0 Å². The normalized spacial score (nSPS) is 11.1. The van der Waals surface area contributed by atoms with E-state index >= 15 is 0 Å². The van der Waals surface area contributed by atoms with Crippen LogP contribution >= 0.6 is 0 Å². The van der Waals surface area contributed by atoms with Crippen molar-refractivity contribution in [3.8, 4) is 33.4 Å². The van der Waals surface area contributed by atoms with Crippen molar-refractivity contribution in [2.75, 3.05) is 0 Å². The smallest absolute Gasteiger partial charge is 0.00262 e. The molecule has 0 aliphatic carbocycles. The maximum Gasteiger partial charge on any atom is -0.00262 e. The van der Waals surface area contributed by atoms with Crippen LogP contribution < -0.4 is 0 Å². The largest absolute Gasteiger partial charge is 0.0776 e. The van der Waals surface area contributed by atoms with E-state index in [-0.39, 0.29) is 7.43 Å². The van der Waals surface area contributed by atoms with Gasteiger partial charge in [-0.3, -0.25) is 0 Å². The fourth-order valence-electron chi connectivity index (χ4n) is 7.76. The van der Waals surface area contributed by atoms with Crippen LogP contribution in [0, 0.1) is 13.8 Å². The Bertz CT molecular complexity index is 2630. The summed E-state index contributed by atoms with van der Waals surface area (Å²) in [4.78, 5) is 0. The van der Waals surface area contributed by atoms with Crippen LogP contribution in [0.4, 0.5) is 0 Å². The molecule has 0 radical (unpaired) electrons. The van der Waals surface area contributed by atoms with E-state index in [2.05, 4.69) is 185 Å². The minimum absolute atomic E-state index is 0. The lowest BCUT2D eigenvalue weighted by Crippen LogP contribution is -1.93. The molecule has 0 aliphatic heterocycles. The Morgan fingerprint density at radius 2 is 0.765 bits per heavy atom. The Balaban J connectivity index is 0.000000774.